The number of nitrogens with one attached hydrogen (secondary N) is 1. The predicted octanol–water partition coefficient (Wildman–Crippen LogP) is 2.03. The van der Waals surface area contributed by atoms with Gasteiger partial charge in [0.15, 0.2) is 0 Å². The smallest absolute Gasteiger partial charge is 0.139 e. The maximum absolute atomic E-state index is 13.2. The molecular formula is C11H15F2NOS. The fourth-order valence-corrected chi connectivity index (χ4v) is 2.00. The van der Waals surface area contributed by atoms with Crippen LogP contribution >= 0.6 is 11.8 Å². The van der Waals surface area contributed by atoms with Gasteiger partial charge in [0.25, 0.3) is 0 Å². The molecule has 0 saturated heterocycles. The number of benzene rings is 1. The molecule has 0 bridgehead atoms. The zero-order chi connectivity index (χ0) is 12.0. The average Bonchev–Trinajstić information content (AvgIpc) is 2.25. The van der Waals surface area contributed by atoms with E-state index in [2.05, 4.69) is 5.32 Å². The Hall–Kier alpha value is -0.650. The highest BCUT2D eigenvalue weighted by atomic mass is 32.2. The Morgan fingerprint density at radius 3 is 2.81 bits per heavy atom. The number of hydrogen-bond donors (Lipinski definition) is 2. The van der Waals surface area contributed by atoms with E-state index in [1.165, 1.54) is 23.9 Å². The number of aliphatic hydroxyl groups is 1. The molecule has 1 aromatic rings. The van der Waals surface area contributed by atoms with E-state index in [0.29, 0.717) is 17.2 Å². The average molecular weight is 247 g/mol. The zero-order valence-corrected chi connectivity index (χ0v) is 9.86. The first-order valence-electron chi connectivity index (χ1n) is 5.10. The predicted molar refractivity (Wildman–Crippen MR) is 61.6 cm³/mol. The molecular weight excluding hydrogens is 232 g/mol. The largest absolute Gasteiger partial charge is 0.391 e. The van der Waals surface area contributed by atoms with E-state index in [1.54, 1.807) is 0 Å². The van der Waals surface area contributed by atoms with Gasteiger partial charge >= 0.3 is 0 Å². The van der Waals surface area contributed by atoms with Gasteiger partial charge < -0.3 is 10.4 Å². The normalized spacial score (nSPS) is 12.8. The summed E-state index contributed by atoms with van der Waals surface area (Å²) in [6.07, 6.45) is -0.533. The van der Waals surface area contributed by atoms with E-state index in [1.807, 2.05) is 6.92 Å². The van der Waals surface area contributed by atoms with Crippen LogP contribution in [0.3, 0.4) is 0 Å². The van der Waals surface area contributed by atoms with Gasteiger partial charge in [-0.05, 0) is 18.7 Å². The van der Waals surface area contributed by atoms with Crippen molar-refractivity contribution in [2.24, 2.45) is 0 Å². The molecule has 0 aliphatic heterocycles. The molecule has 90 valence electrons. The number of rotatable bonds is 6. The van der Waals surface area contributed by atoms with Gasteiger partial charge in [-0.3, -0.25) is 0 Å². The van der Waals surface area contributed by atoms with Crippen molar-refractivity contribution in [2.75, 3.05) is 18.8 Å². The minimum absolute atomic E-state index is 0.358. The maximum Gasteiger partial charge on any atom is 0.139 e. The van der Waals surface area contributed by atoms with Gasteiger partial charge in [0.1, 0.15) is 11.6 Å². The van der Waals surface area contributed by atoms with Crippen LogP contribution in [-0.4, -0.2) is 30.1 Å². The third-order valence-corrected chi connectivity index (χ3v) is 3.15. The number of thioether (sulfide) groups is 1. The number of likely N-dealkylation sites (N-methyl/N-ethyl adjacent to an activating group) is 1. The molecule has 2 N–H and O–H groups in total. The second kappa shape index (κ2) is 6.83. The third kappa shape index (κ3) is 4.47. The summed E-state index contributed by atoms with van der Waals surface area (Å²) in [4.78, 5) is 0.358. The van der Waals surface area contributed by atoms with Gasteiger partial charge in [-0.2, -0.15) is 0 Å². The van der Waals surface area contributed by atoms with Crippen molar-refractivity contribution in [3.63, 3.8) is 0 Å². The van der Waals surface area contributed by atoms with Crippen LogP contribution in [-0.2, 0) is 0 Å². The monoisotopic (exact) mass is 247 g/mol. The van der Waals surface area contributed by atoms with Crippen molar-refractivity contribution in [3.8, 4) is 0 Å². The van der Waals surface area contributed by atoms with Crippen LogP contribution in [0.4, 0.5) is 8.78 Å². The van der Waals surface area contributed by atoms with Crippen LogP contribution in [0.15, 0.2) is 23.1 Å². The molecule has 0 radical (unpaired) electrons. The Morgan fingerprint density at radius 2 is 2.19 bits per heavy atom. The van der Waals surface area contributed by atoms with E-state index < -0.39 is 17.7 Å². The molecule has 0 amide bonds. The molecule has 0 aromatic heterocycles. The summed E-state index contributed by atoms with van der Waals surface area (Å²) in [7, 11) is 0. The van der Waals surface area contributed by atoms with Crippen LogP contribution in [0.1, 0.15) is 6.92 Å². The summed E-state index contributed by atoms with van der Waals surface area (Å²) in [6, 6.07) is 3.44. The van der Waals surface area contributed by atoms with E-state index in [9.17, 15) is 13.9 Å². The van der Waals surface area contributed by atoms with Gasteiger partial charge in [-0.15, -0.1) is 11.8 Å². The Kier molecular flexibility index (Phi) is 5.73. The first-order chi connectivity index (χ1) is 7.63. The van der Waals surface area contributed by atoms with Gasteiger partial charge in [0.2, 0.25) is 0 Å². The quantitative estimate of drug-likeness (QED) is 0.754. The molecule has 16 heavy (non-hydrogen) atoms. The van der Waals surface area contributed by atoms with Crippen molar-refractivity contribution < 1.29 is 13.9 Å². The molecule has 0 spiro atoms. The van der Waals surface area contributed by atoms with Crippen LogP contribution in [0.5, 0.6) is 0 Å². The molecule has 5 heteroatoms. The summed E-state index contributed by atoms with van der Waals surface area (Å²) in [5, 5.41) is 12.5. The SMILES string of the molecule is CCNCC(O)CSc1ccc(F)cc1F. The highest BCUT2D eigenvalue weighted by Crippen LogP contribution is 2.22. The summed E-state index contributed by atoms with van der Waals surface area (Å²) in [6.45, 7) is 3.21. The zero-order valence-electron chi connectivity index (χ0n) is 9.04. The Morgan fingerprint density at radius 1 is 1.44 bits per heavy atom. The molecule has 2 nitrogen and oxygen atoms in total. The topological polar surface area (TPSA) is 32.3 Å². The lowest BCUT2D eigenvalue weighted by atomic mass is 10.3. The molecule has 0 heterocycles. The summed E-state index contributed by atoms with van der Waals surface area (Å²) in [5.74, 6) is -0.786. The Labute approximate surface area is 98.1 Å². The lowest BCUT2D eigenvalue weighted by Crippen LogP contribution is -2.28. The van der Waals surface area contributed by atoms with E-state index >= 15 is 0 Å². The second-order valence-corrected chi connectivity index (χ2v) is 4.41. The van der Waals surface area contributed by atoms with E-state index in [-0.39, 0.29) is 0 Å². The molecule has 1 aromatic carbocycles. The fourth-order valence-electron chi connectivity index (χ4n) is 1.15. The van der Waals surface area contributed by atoms with E-state index in [0.717, 1.165) is 12.6 Å². The highest BCUT2D eigenvalue weighted by molar-refractivity contribution is 7.99. The van der Waals surface area contributed by atoms with Crippen molar-refractivity contribution in [1.82, 2.24) is 5.32 Å². The number of halogens is 2. The van der Waals surface area contributed by atoms with Gasteiger partial charge in [-0.25, -0.2) is 8.78 Å². The van der Waals surface area contributed by atoms with Crippen molar-refractivity contribution >= 4 is 11.8 Å². The Balaban J connectivity index is 2.42. The molecule has 0 saturated carbocycles. The Bertz CT molecular complexity index is 336. The first-order valence-corrected chi connectivity index (χ1v) is 6.08. The van der Waals surface area contributed by atoms with Gasteiger partial charge in [0.05, 0.1) is 6.10 Å². The van der Waals surface area contributed by atoms with Crippen LogP contribution in [0, 0.1) is 11.6 Å². The second-order valence-electron chi connectivity index (χ2n) is 3.35. The first kappa shape index (κ1) is 13.4. The lowest BCUT2D eigenvalue weighted by Gasteiger charge is -2.10. The van der Waals surface area contributed by atoms with Crippen LogP contribution in [0.25, 0.3) is 0 Å². The summed E-state index contributed by atoms with van der Waals surface area (Å²) < 4.78 is 25.8. The number of aliphatic hydroxyl groups excluding tert-OH is 1. The minimum Gasteiger partial charge on any atom is -0.391 e. The molecule has 1 rings (SSSR count). The molecule has 0 aliphatic carbocycles. The maximum atomic E-state index is 13.2. The summed E-state index contributed by atoms with van der Waals surface area (Å²) >= 11 is 1.18. The minimum atomic E-state index is -0.588. The van der Waals surface area contributed by atoms with Crippen LogP contribution < -0.4 is 5.32 Å². The fraction of sp³-hybridized carbons (Fsp3) is 0.455. The lowest BCUT2D eigenvalue weighted by molar-refractivity contribution is 0.197. The summed E-state index contributed by atoms with van der Waals surface area (Å²) in [5.41, 5.74) is 0. The van der Waals surface area contributed by atoms with Gasteiger partial charge in [0, 0.05) is 23.3 Å². The standard InChI is InChI=1S/C11H15F2NOS/c1-2-14-6-9(15)7-16-11-4-3-8(12)5-10(11)13/h3-5,9,14-15H,2,6-7H2,1H3. The number of hydrogen-bond acceptors (Lipinski definition) is 3. The molecule has 1 unspecified atom stereocenters. The molecule has 0 fully saturated rings. The van der Waals surface area contributed by atoms with Crippen molar-refractivity contribution in [2.45, 2.75) is 17.9 Å². The van der Waals surface area contributed by atoms with E-state index in [4.69, 9.17) is 0 Å². The van der Waals surface area contributed by atoms with Crippen molar-refractivity contribution in [1.29, 1.82) is 0 Å². The molecule has 0 aliphatic rings. The highest BCUT2D eigenvalue weighted by Gasteiger charge is 2.08. The van der Waals surface area contributed by atoms with Crippen molar-refractivity contribution in [3.05, 3.63) is 29.8 Å². The molecule has 1 atom stereocenters. The van der Waals surface area contributed by atoms with Gasteiger partial charge in [-0.1, -0.05) is 6.92 Å². The third-order valence-electron chi connectivity index (χ3n) is 1.96. The van der Waals surface area contributed by atoms with Crippen LogP contribution in [0.2, 0.25) is 0 Å².